The Hall–Kier alpha value is -2.75. The van der Waals surface area contributed by atoms with Crippen LogP contribution in [0.25, 0.3) is 6.08 Å². The van der Waals surface area contributed by atoms with Crippen molar-refractivity contribution < 1.29 is 9.53 Å². The van der Waals surface area contributed by atoms with Crippen molar-refractivity contribution in [2.24, 2.45) is 0 Å². The van der Waals surface area contributed by atoms with Gasteiger partial charge in [0.25, 0.3) is 5.91 Å². The molecule has 1 aliphatic rings. The molecule has 0 spiro atoms. The van der Waals surface area contributed by atoms with Crippen LogP contribution in [0.3, 0.4) is 0 Å². The van der Waals surface area contributed by atoms with E-state index in [1.54, 1.807) is 18.2 Å². The third-order valence-electron chi connectivity index (χ3n) is 5.82. The lowest BCUT2D eigenvalue weighted by Crippen LogP contribution is -2.25. The molecule has 0 aromatic heterocycles. The molecule has 4 rings (SSSR count). The van der Waals surface area contributed by atoms with E-state index in [4.69, 9.17) is 27.9 Å². The fraction of sp³-hybridized carbons (Fsp3) is 0.250. The van der Waals surface area contributed by atoms with Crippen LogP contribution >= 0.6 is 23.2 Å². The van der Waals surface area contributed by atoms with E-state index < -0.39 is 0 Å². The van der Waals surface area contributed by atoms with E-state index in [1.165, 1.54) is 11.1 Å². The van der Waals surface area contributed by atoms with Gasteiger partial charge in [-0.05, 0) is 65.3 Å². The first-order valence-electron chi connectivity index (χ1n) is 11.3. The molecule has 0 unspecified atom stereocenters. The molecule has 0 saturated carbocycles. The summed E-state index contributed by atoms with van der Waals surface area (Å²) >= 11 is 12.3. The maximum Gasteiger partial charge on any atom is 0.251 e. The van der Waals surface area contributed by atoms with Crippen molar-refractivity contribution in [2.75, 3.05) is 0 Å². The quantitative estimate of drug-likeness (QED) is 0.365. The minimum Gasteiger partial charge on any atom is -0.487 e. The van der Waals surface area contributed by atoms with Crippen LogP contribution in [0.1, 0.15) is 57.9 Å². The van der Waals surface area contributed by atoms with Gasteiger partial charge in [0, 0.05) is 23.2 Å². The SMILES string of the molecule is CCCc1ccc(COc2cc(Cl)ccc2Cl)cc1C(=O)NCc1cccc2c1C=CCC2. The molecule has 3 nitrogen and oxygen atoms in total. The number of hydrogen-bond acceptors (Lipinski definition) is 2. The zero-order chi connectivity index (χ0) is 23.2. The van der Waals surface area contributed by atoms with Gasteiger partial charge in [-0.3, -0.25) is 4.79 Å². The van der Waals surface area contributed by atoms with Crippen LogP contribution in [0.5, 0.6) is 5.75 Å². The highest BCUT2D eigenvalue weighted by Gasteiger charge is 2.15. The summed E-state index contributed by atoms with van der Waals surface area (Å²) in [4.78, 5) is 13.2. The molecular weight excluding hydrogens is 453 g/mol. The molecule has 5 heteroatoms. The molecule has 0 atom stereocenters. The zero-order valence-corrected chi connectivity index (χ0v) is 20.2. The monoisotopic (exact) mass is 479 g/mol. The smallest absolute Gasteiger partial charge is 0.251 e. The Labute approximate surface area is 205 Å². The molecule has 0 radical (unpaired) electrons. The highest BCUT2D eigenvalue weighted by Crippen LogP contribution is 2.29. The van der Waals surface area contributed by atoms with Crippen LogP contribution < -0.4 is 10.1 Å². The number of hydrogen-bond donors (Lipinski definition) is 1. The molecule has 3 aromatic carbocycles. The summed E-state index contributed by atoms with van der Waals surface area (Å²) in [7, 11) is 0. The van der Waals surface area contributed by atoms with Gasteiger partial charge in [0.1, 0.15) is 12.4 Å². The molecule has 1 N–H and O–H groups in total. The largest absolute Gasteiger partial charge is 0.487 e. The van der Waals surface area contributed by atoms with Crippen molar-refractivity contribution in [2.45, 2.75) is 45.8 Å². The van der Waals surface area contributed by atoms with Crippen molar-refractivity contribution in [1.29, 1.82) is 0 Å². The number of fused-ring (bicyclic) bond motifs is 1. The maximum atomic E-state index is 13.2. The predicted octanol–water partition coefficient (Wildman–Crippen LogP) is 7.41. The van der Waals surface area contributed by atoms with Gasteiger partial charge in [0.15, 0.2) is 0 Å². The molecule has 1 aliphatic carbocycles. The summed E-state index contributed by atoms with van der Waals surface area (Å²) in [5.74, 6) is 0.452. The van der Waals surface area contributed by atoms with Crippen LogP contribution in [-0.4, -0.2) is 5.91 Å². The van der Waals surface area contributed by atoms with E-state index >= 15 is 0 Å². The third-order valence-corrected chi connectivity index (χ3v) is 6.36. The van der Waals surface area contributed by atoms with E-state index in [0.29, 0.717) is 34.5 Å². The summed E-state index contributed by atoms with van der Waals surface area (Å²) in [6.07, 6.45) is 8.29. The predicted molar refractivity (Wildman–Crippen MR) is 136 cm³/mol. The lowest BCUT2D eigenvalue weighted by molar-refractivity contribution is 0.0949. The molecule has 0 saturated heterocycles. The van der Waals surface area contributed by atoms with E-state index in [2.05, 4.69) is 42.6 Å². The second-order valence-corrected chi connectivity index (χ2v) is 9.06. The van der Waals surface area contributed by atoms with Crippen molar-refractivity contribution in [3.05, 3.63) is 104 Å². The molecule has 1 amide bonds. The number of carbonyl (C=O) groups is 1. The Balaban J connectivity index is 1.50. The second kappa shape index (κ2) is 10.9. The van der Waals surface area contributed by atoms with Gasteiger partial charge in [-0.2, -0.15) is 0 Å². The standard InChI is InChI=1S/C28H27Cl2NO2/c1-2-6-20-12-11-19(18-33-27-16-23(29)13-14-26(27)30)15-25(20)28(32)31-17-22-9-5-8-21-7-3-4-10-24(21)22/h4-5,8-16H,2-3,6-7,17-18H2,1H3,(H,31,32). The third kappa shape index (κ3) is 5.79. The van der Waals surface area contributed by atoms with Gasteiger partial charge >= 0.3 is 0 Å². The van der Waals surface area contributed by atoms with Crippen molar-refractivity contribution in [3.63, 3.8) is 0 Å². The molecule has 0 bridgehead atoms. The van der Waals surface area contributed by atoms with Gasteiger partial charge in [-0.15, -0.1) is 0 Å². The summed E-state index contributed by atoms with van der Waals surface area (Å²) in [5, 5.41) is 4.19. The number of halogens is 2. The van der Waals surface area contributed by atoms with E-state index in [9.17, 15) is 4.79 Å². The number of nitrogens with one attached hydrogen (secondary N) is 1. The van der Waals surface area contributed by atoms with Gasteiger partial charge in [-0.25, -0.2) is 0 Å². The first-order valence-corrected chi connectivity index (χ1v) is 12.1. The Morgan fingerprint density at radius 2 is 1.94 bits per heavy atom. The van der Waals surface area contributed by atoms with Crippen molar-refractivity contribution in [3.8, 4) is 5.75 Å². The average molecular weight is 480 g/mol. The van der Waals surface area contributed by atoms with Crippen molar-refractivity contribution in [1.82, 2.24) is 5.32 Å². The van der Waals surface area contributed by atoms with E-state index in [1.807, 2.05) is 18.2 Å². The van der Waals surface area contributed by atoms with Crippen LogP contribution in [0, 0.1) is 0 Å². The summed E-state index contributed by atoms with van der Waals surface area (Å²) in [6.45, 7) is 2.91. The maximum absolute atomic E-state index is 13.2. The summed E-state index contributed by atoms with van der Waals surface area (Å²) in [5.41, 5.74) is 6.35. The number of amides is 1. The Morgan fingerprint density at radius 1 is 1.06 bits per heavy atom. The van der Waals surface area contributed by atoms with E-state index in [0.717, 1.165) is 42.4 Å². The number of benzene rings is 3. The number of rotatable bonds is 8. The van der Waals surface area contributed by atoms with Gasteiger partial charge in [0.2, 0.25) is 0 Å². The fourth-order valence-corrected chi connectivity index (χ4v) is 4.46. The van der Waals surface area contributed by atoms with E-state index in [-0.39, 0.29) is 5.91 Å². The molecular formula is C28H27Cl2NO2. The normalized spacial score (nSPS) is 12.3. The number of allylic oxidation sites excluding steroid dienone is 1. The van der Waals surface area contributed by atoms with Crippen LogP contribution in [0.15, 0.2) is 60.7 Å². The lowest BCUT2D eigenvalue weighted by atomic mass is 9.93. The Bertz CT molecular complexity index is 1190. The van der Waals surface area contributed by atoms with Gasteiger partial charge in [-0.1, -0.05) is 79.0 Å². The highest BCUT2D eigenvalue weighted by atomic mass is 35.5. The van der Waals surface area contributed by atoms with Crippen LogP contribution in [0.4, 0.5) is 0 Å². The number of ether oxygens (including phenoxy) is 1. The fourth-order valence-electron chi connectivity index (χ4n) is 4.12. The lowest BCUT2D eigenvalue weighted by Gasteiger charge is -2.16. The Morgan fingerprint density at radius 3 is 2.79 bits per heavy atom. The molecule has 3 aromatic rings. The highest BCUT2D eigenvalue weighted by molar-refractivity contribution is 6.34. The van der Waals surface area contributed by atoms with Crippen LogP contribution in [-0.2, 0) is 26.0 Å². The number of carbonyl (C=O) groups excluding carboxylic acids is 1. The first kappa shape index (κ1) is 23.4. The van der Waals surface area contributed by atoms with Gasteiger partial charge in [0.05, 0.1) is 5.02 Å². The first-order chi connectivity index (χ1) is 16.0. The Kier molecular flexibility index (Phi) is 7.74. The van der Waals surface area contributed by atoms with Gasteiger partial charge < -0.3 is 10.1 Å². The molecule has 0 aliphatic heterocycles. The topological polar surface area (TPSA) is 38.3 Å². The minimum absolute atomic E-state index is 0.0709. The summed E-state index contributed by atoms with van der Waals surface area (Å²) in [6, 6.07) is 17.4. The number of aryl methyl sites for hydroxylation is 2. The van der Waals surface area contributed by atoms with Crippen molar-refractivity contribution >= 4 is 35.2 Å². The minimum atomic E-state index is -0.0709. The zero-order valence-electron chi connectivity index (χ0n) is 18.7. The average Bonchev–Trinajstić information content (AvgIpc) is 2.84. The molecule has 0 heterocycles. The molecule has 33 heavy (non-hydrogen) atoms. The molecule has 170 valence electrons. The second-order valence-electron chi connectivity index (χ2n) is 8.22. The molecule has 0 fully saturated rings. The van der Waals surface area contributed by atoms with Crippen LogP contribution in [0.2, 0.25) is 10.0 Å². The summed E-state index contributed by atoms with van der Waals surface area (Å²) < 4.78 is 5.87.